The number of hydrogen-bond acceptors (Lipinski definition) is 3. The Bertz CT molecular complexity index is 352. The number of amides is 1. The minimum absolute atomic E-state index is 0.0440. The first-order chi connectivity index (χ1) is 8.59. The van der Waals surface area contributed by atoms with Crippen LogP contribution in [0.4, 0.5) is 0 Å². The molecule has 0 spiro atoms. The van der Waals surface area contributed by atoms with Crippen molar-refractivity contribution in [2.45, 2.75) is 32.4 Å². The Hall–Kier alpha value is -1.39. The van der Waals surface area contributed by atoms with Crippen molar-refractivity contribution >= 4 is 5.91 Å². The van der Waals surface area contributed by atoms with E-state index in [0.717, 1.165) is 12.0 Å². The van der Waals surface area contributed by atoms with E-state index in [4.69, 9.17) is 10.5 Å². The van der Waals surface area contributed by atoms with Gasteiger partial charge in [0.25, 0.3) is 0 Å². The van der Waals surface area contributed by atoms with Crippen LogP contribution in [0.5, 0.6) is 0 Å². The molecule has 0 aliphatic carbocycles. The van der Waals surface area contributed by atoms with Crippen LogP contribution < -0.4 is 11.1 Å². The minimum Gasteiger partial charge on any atom is -0.369 e. The average molecular weight is 250 g/mol. The van der Waals surface area contributed by atoms with Gasteiger partial charge in [0, 0.05) is 12.6 Å². The van der Waals surface area contributed by atoms with Gasteiger partial charge in [0.1, 0.15) is 6.61 Å². The lowest BCUT2D eigenvalue weighted by atomic mass is 10.1. The second kappa shape index (κ2) is 7.84. The van der Waals surface area contributed by atoms with Crippen molar-refractivity contribution in [3.63, 3.8) is 0 Å². The van der Waals surface area contributed by atoms with Crippen LogP contribution in [-0.4, -0.2) is 25.2 Å². The third-order valence-corrected chi connectivity index (χ3v) is 2.55. The topological polar surface area (TPSA) is 64.3 Å². The SMILES string of the molecule is CC(C)OCC(=O)NCCC(N)c1ccccc1. The highest BCUT2D eigenvalue weighted by atomic mass is 16.5. The summed E-state index contributed by atoms with van der Waals surface area (Å²) in [5.41, 5.74) is 7.11. The van der Waals surface area contributed by atoms with Crippen molar-refractivity contribution in [1.82, 2.24) is 5.32 Å². The summed E-state index contributed by atoms with van der Waals surface area (Å²) in [7, 11) is 0. The molecule has 0 aliphatic heterocycles. The molecular formula is C14H22N2O2. The maximum atomic E-state index is 11.4. The standard InChI is InChI=1S/C14H22N2O2/c1-11(2)18-10-14(17)16-9-8-13(15)12-6-4-3-5-7-12/h3-7,11,13H,8-10,15H2,1-2H3,(H,16,17). The second-order valence-corrected chi connectivity index (χ2v) is 4.52. The lowest BCUT2D eigenvalue weighted by molar-refractivity contribution is -0.127. The largest absolute Gasteiger partial charge is 0.369 e. The quantitative estimate of drug-likeness (QED) is 0.773. The Kier molecular flexibility index (Phi) is 6.39. The van der Waals surface area contributed by atoms with Gasteiger partial charge in [-0.25, -0.2) is 0 Å². The van der Waals surface area contributed by atoms with Gasteiger partial charge in [-0.15, -0.1) is 0 Å². The summed E-state index contributed by atoms with van der Waals surface area (Å²) in [5.74, 6) is -0.0936. The molecule has 0 heterocycles. The van der Waals surface area contributed by atoms with Crippen molar-refractivity contribution in [2.24, 2.45) is 5.73 Å². The predicted octanol–water partition coefficient (Wildman–Crippen LogP) is 1.62. The minimum atomic E-state index is -0.0936. The van der Waals surface area contributed by atoms with E-state index < -0.39 is 0 Å². The molecule has 0 saturated carbocycles. The zero-order valence-corrected chi connectivity index (χ0v) is 11.1. The van der Waals surface area contributed by atoms with Gasteiger partial charge in [-0.05, 0) is 25.8 Å². The fraction of sp³-hybridized carbons (Fsp3) is 0.500. The van der Waals surface area contributed by atoms with Crippen molar-refractivity contribution in [1.29, 1.82) is 0 Å². The van der Waals surface area contributed by atoms with E-state index in [2.05, 4.69) is 5.32 Å². The lowest BCUT2D eigenvalue weighted by Gasteiger charge is -2.13. The van der Waals surface area contributed by atoms with Crippen LogP contribution in [-0.2, 0) is 9.53 Å². The first-order valence-corrected chi connectivity index (χ1v) is 6.28. The van der Waals surface area contributed by atoms with Gasteiger partial charge in [-0.2, -0.15) is 0 Å². The van der Waals surface area contributed by atoms with Crippen molar-refractivity contribution < 1.29 is 9.53 Å². The van der Waals surface area contributed by atoms with Crippen LogP contribution >= 0.6 is 0 Å². The van der Waals surface area contributed by atoms with E-state index in [1.807, 2.05) is 44.2 Å². The maximum absolute atomic E-state index is 11.4. The molecule has 0 aliphatic rings. The number of nitrogens with two attached hydrogens (primary N) is 1. The number of benzene rings is 1. The van der Waals surface area contributed by atoms with Crippen LogP contribution in [0.15, 0.2) is 30.3 Å². The van der Waals surface area contributed by atoms with Crippen LogP contribution in [0.1, 0.15) is 31.9 Å². The fourth-order valence-corrected chi connectivity index (χ4v) is 1.53. The molecule has 18 heavy (non-hydrogen) atoms. The smallest absolute Gasteiger partial charge is 0.246 e. The zero-order valence-electron chi connectivity index (χ0n) is 11.1. The molecule has 3 N–H and O–H groups in total. The van der Waals surface area contributed by atoms with Crippen molar-refractivity contribution in [3.8, 4) is 0 Å². The monoisotopic (exact) mass is 250 g/mol. The highest BCUT2D eigenvalue weighted by Crippen LogP contribution is 2.11. The van der Waals surface area contributed by atoms with Gasteiger partial charge in [0.2, 0.25) is 5.91 Å². The zero-order chi connectivity index (χ0) is 13.4. The Morgan fingerprint density at radius 2 is 2.00 bits per heavy atom. The molecule has 1 atom stereocenters. The molecule has 0 saturated heterocycles. The molecule has 0 radical (unpaired) electrons. The summed E-state index contributed by atoms with van der Waals surface area (Å²) < 4.78 is 5.20. The summed E-state index contributed by atoms with van der Waals surface area (Å²) in [6.07, 6.45) is 0.791. The molecule has 0 bridgehead atoms. The van der Waals surface area contributed by atoms with E-state index in [1.54, 1.807) is 0 Å². The third-order valence-electron chi connectivity index (χ3n) is 2.55. The van der Waals surface area contributed by atoms with Gasteiger partial charge in [-0.1, -0.05) is 30.3 Å². The number of ether oxygens (including phenoxy) is 1. The molecule has 1 rings (SSSR count). The van der Waals surface area contributed by atoms with Crippen LogP contribution in [0, 0.1) is 0 Å². The van der Waals surface area contributed by atoms with Crippen molar-refractivity contribution in [3.05, 3.63) is 35.9 Å². The van der Waals surface area contributed by atoms with Gasteiger partial charge < -0.3 is 15.8 Å². The van der Waals surface area contributed by atoms with Gasteiger partial charge in [-0.3, -0.25) is 4.79 Å². The Balaban J connectivity index is 2.19. The van der Waals surface area contributed by atoms with Gasteiger partial charge in [0.05, 0.1) is 6.10 Å². The predicted molar refractivity (Wildman–Crippen MR) is 72.1 cm³/mol. The van der Waals surface area contributed by atoms with E-state index in [9.17, 15) is 4.79 Å². The van der Waals surface area contributed by atoms with Crippen molar-refractivity contribution in [2.75, 3.05) is 13.2 Å². The van der Waals surface area contributed by atoms with E-state index >= 15 is 0 Å². The Labute approximate surface area is 109 Å². The highest BCUT2D eigenvalue weighted by Gasteiger charge is 2.07. The number of rotatable bonds is 7. The molecule has 1 aromatic carbocycles. The summed E-state index contributed by atoms with van der Waals surface area (Å²) in [6, 6.07) is 9.83. The maximum Gasteiger partial charge on any atom is 0.246 e. The van der Waals surface area contributed by atoms with E-state index in [0.29, 0.717) is 6.54 Å². The molecule has 4 nitrogen and oxygen atoms in total. The second-order valence-electron chi connectivity index (χ2n) is 4.52. The Morgan fingerprint density at radius 1 is 1.33 bits per heavy atom. The van der Waals surface area contributed by atoms with E-state index in [1.165, 1.54) is 0 Å². The molecule has 1 amide bonds. The average Bonchev–Trinajstić information content (AvgIpc) is 2.37. The van der Waals surface area contributed by atoms with Gasteiger partial charge >= 0.3 is 0 Å². The fourth-order valence-electron chi connectivity index (χ4n) is 1.53. The number of nitrogens with one attached hydrogen (secondary N) is 1. The first kappa shape index (κ1) is 14.7. The normalized spacial score (nSPS) is 12.4. The molecular weight excluding hydrogens is 228 g/mol. The summed E-state index contributed by atoms with van der Waals surface area (Å²) in [6.45, 7) is 4.48. The molecule has 0 aromatic heterocycles. The molecule has 1 unspecified atom stereocenters. The Morgan fingerprint density at radius 3 is 2.61 bits per heavy atom. The third kappa shape index (κ3) is 5.80. The number of carbonyl (C=O) groups excluding carboxylic acids is 1. The first-order valence-electron chi connectivity index (χ1n) is 6.28. The summed E-state index contributed by atoms with van der Waals surface area (Å²) >= 11 is 0. The van der Waals surface area contributed by atoms with Crippen LogP contribution in [0.2, 0.25) is 0 Å². The number of hydrogen-bond donors (Lipinski definition) is 2. The molecule has 0 fully saturated rings. The lowest BCUT2D eigenvalue weighted by Crippen LogP contribution is -2.31. The summed E-state index contributed by atoms with van der Waals surface area (Å²) in [5, 5.41) is 2.79. The molecule has 100 valence electrons. The van der Waals surface area contributed by atoms with Crippen LogP contribution in [0.25, 0.3) is 0 Å². The van der Waals surface area contributed by atoms with Crippen LogP contribution in [0.3, 0.4) is 0 Å². The molecule has 1 aromatic rings. The molecule has 4 heteroatoms. The highest BCUT2D eigenvalue weighted by molar-refractivity contribution is 5.77. The summed E-state index contributed by atoms with van der Waals surface area (Å²) in [4.78, 5) is 11.4. The van der Waals surface area contributed by atoms with Gasteiger partial charge in [0.15, 0.2) is 0 Å². The van der Waals surface area contributed by atoms with E-state index in [-0.39, 0.29) is 24.7 Å². The number of carbonyl (C=O) groups is 1.